The molecule has 0 spiro atoms. The lowest BCUT2D eigenvalue weighted by Crippen LogP contribution is -2.27. The van der Waals surface area contributed by atoms with Crippen LogP contribution in [0.3, 0.4) is 0 Å². The average molecular weight is 259 g/mol. The number of anilines is 1. The van der Waals surface area contributed by atoms with Gasteiger partial charge in [-0.2, -0.15) is 0 Å². The van der Waals surface area contributed by atoms with Crippen molar-refractivity contribution in [3.05, 3.63) is 30.1 Å². The van der Waals surface area contributed by atoms with E-state index in [0.29, 0.717) is 0 Å². The molecular weight excluding hydrogens is 242 g/mol. The first-order chi connectivity index (χ1) is 8.88. The summed E-state index contributed by atoms with van der Waals surface area (Å²) in [6.07, 6.45) is 1.54. The van der Waals surface area contributed by atoms with Crippen LogP contribution in [0.1, 0.15) is 26.3 Å². The molecule has 0 aliphatic rings. The van der Waals surface area contributed by atoms with Crippen molar-refractivity contribution >= 4 is 11.6 Å². The van der Waals surface area contributed by atoms with Crippen LogP contribution in [0.4, 0.5) is 5.69 Å². The lowest BCUT2D eigenvalue weighted by molar-refractivity contribution is -0.123. The second kappa shape index (κ2) is 4.79. The van der Waals surface area contributed by atoms with Gasteiger partial charge in [-0.3, -0.25) is 4.79 Å². The Morgan fingerprint density at radius 1 is 1.32 bits per heavy atom. The number of carbonyl (C=O) groups excluding carboxylic acids is 1. The summed E-state index contributed by atoms with van der Waals surface area (Å²) in [6.45, 7) is 7.59. The molecule has 1 amide bonds. The highest BCUT2D eigenvalue weighted by atomic mass is 16.2. The Morgan fingerprint density at radius 2 is 2.05 bits per heavy atom. The molecule has 2 rings (SSSR count). The molecular formula is C13H17N5O. The number of rotatable bonds is 2. The van der Waals surface area contributed by atoms with Gasteiger partial charge in [-0.1, -0.05) is 20.8 Å². The second-order valence-corrected chi connectivity index (χ2v) is 5.46. The number of aryl methyl sites for hydroxylation is 1. The number of tetrazole rings is 1. The van der Waals surface area contributed by atoms with E-state index in [2.05, 4.69) is 20.8 Å². The predicted octanol–water partition coefficient (Wildman–Crippen LogP) is 1.96. The van der Waals surface area contributed by atoms with Gasteiger partial charge in [0.25, 0.3) is 0 Å². The smallest absolute Gasteiger partial charge is 0.229 e. The predicted molar refractivity (Wildman–Crippen MR) is 72.0 cm³/mol. The first-order valence-corrected chi connectivity index (χ1v) is 6.03. The highest BCUT2D eigenvalue weighted by Crippen LogP contribution is 2.21. The molecule has 0 aliphatic heterocycles. The van der Waals surface area contributed by atoms with Gasteiger partial charge in [-0.15, -0.1) is 5.10 Å². The van der Waals surface area contributed by atoms with Crippen LogP contribution >= 0.6 is 0 Å². The topological polar surface area (TPSA) is 72.7 Å². The summed E-state index contributed by atoms with van der Waals surface area (Å²) < 4.78 is 1.59. The van der Waals surface area contributed by atoms with E-state index in [-0.39, 0.29) is 5.91 Å². The monoisotopic (exact) mass is 259 g/mol. The Balaban J connectivity index is 2.23. The molecule has 6 nitrogen and oxygen atoms in total. The molecule has 19 heavy (non-hydrogen) atoms. The number of benzene rings is 1. The Kier molecular flexibility index (Phi) is 3.33. The molecule has 6 heteroatoms. The van der Waals surface area contributed by atoms with Gasteiger partial charge in [0.2, 0.25) is 5.91 Å². The minimum absolute atomic E-state index is 0.0120. The quantitative estimate of drug-likeness (QED) is 0.894. The number of hydrogen-bond acceptors (Lipinski definition) is 4. The van der Waals surface area contributed by atoms with Crippen LogP contribution in [0.25, 0.3) is 5.69 Å². The minimum atomic E-state index is -0.414. The maximum atomic E-state index is 11.9. The molecule has 1 N–H and O–H groups in total. The third-order valence-corrected chi connectivity index (χ3v) is 2.73. The van der Waals surface area contributed by atoms with Crippen molar-refractivity contribution in [1.82, 2.24) is 20.2 Å². The zero-order chi connectivity index (χ0) is 14.0. The van der Waals surface area contributed by atoms with Crippen molar-refractivity contribution < 1.29 is 4.79 Å². The third kappa shape index (κ3) is 2.96. The van der Waals surface area contributed by atoms with Crippen molar-refractivity contribution in [2.45, 2.75) is 27.7 Å². The molecule has 0 unspecified atom stereocenters. The number of nitrogens with one attached hydrogen (secondary N) is 1. The number of aromatic nitrogens is 4. The first-order valence-electron chi connectivity index (χ1n) is 6.03. The summed E-state index contributed by atoms with van der Waals surface area (Å²) in [7, 11) is 0. The first kappa shape index (κ1) is 13.2. The van der Waals surface area contributed by atoms with Crippen molar-refractivity contribution in [1.29, 1.82) is 0 Å². The molecule has 100 valence electrons. The molecule has 0 atom stereocenters. The fourth-order valence-electron chi connectivity index (χ4n) is 1.58. The fraction of sp³-hybridized carbons (Fsp3) is 0.385. The van der Waals surface area contributed by atoms with Gasteiger partial charge in [0.1, 0.15) is 6.33 Å². The molecule has 0 aliphatic carbocycles. The standard InChI is InChI=1S/C13H17N5O/c1-9-7-10(15-12(19)13(2,3)4)5-6-11(9)18-8-14-16-17-18/h5-8H,1-4H3,(H,15,19). The molecule has 0 saturated heterocycles. The van der Waals surface area contributed by atoms with Crippen molar-refractivity contribution in [3.8, 4) is 5.69 Å². The lowest BCUT2D eigenvalue weighted by Gasteiger charge is -2.18. The normalized spacial score (nSPS) is 11.4. The van der Waals surface area contributed by atoms with Crippen molar-refractivity contribution in [3.63, 3.8) is 0 Å². The van der Waals surface area contributed by atoms with Crippen molar-refractivity contribution in [2.24, 2.45) is 5.41 Å². The highest BCUT2D eigenvalue weighted by Gasteiger charge is 2.21. The lowest BCUT2D eigenvalue weighted by atomic mass is 9.95. The van der Waals surface area contributed by atoms with Gasteiger partial charge in [0.05, 0.1) is 5.69 Å². The Labute approximate surface area is 111 Å². The summed E-state index contributed by atoms with van der Waals surface area (Å²) in [5, 5.41) is 14.0. The van der Waals surface area contributed by atoms with Gasteiger partial charge < -0.3 is 5.32 Å². The van der Waals surface area contributed by atoms with E-state index in [0.717, 1.165) is 16.9 Å². The molecule has 2 aromatic rings. The van der Waals surface area contributed by atoms with Crippen molar-refractivity contribution in [2.75, 3.05) is 5.32 Å². The van der Waals surface area contributed by atoms with Gasteiger partial charge in [-0.05, 0) is 41.1 Å². The molecule has 0 bridgehead atoms. The Hall–Kier alpha value is -2.24. The van der Waals surface area contributed by atoms with Crippen LogP contribution in [0, 0.1) is 12.3 Å². The van der Waals surface area contributed by atoms with Crippen LogP contribution in [-0.4, -0.2) is 26.1 Å². The summed E-state index contributed by atoms with van der Waals surface area (Å²) >= 11 is 0. The zero-order valence-electron chi connectivity index (χ0n) is 11.5. The van der Waals surface area contributed by atoms with E-state index in [1.54, 1.807) is 4.68 Å². The summed E-state index contributed by atoms with van der Waals surface area (Å²) in [4.78, 5) is 11.9. The number of nitrogens with zero attached hydrogens (tertiary/aromatic N) is 4. The highest BCUT2D eigenvalue weighted by molar-refractivity contribution is 5.94. The van der Waals surface area contributed by atoms with E-state index in [1.165, 1.54) is 6.33 Å². The van der Waals surface area contributed by atoms with E-state index < -0.39 is 5.41 Å². The number of hydrogen-bond donors (Lipinski definition) is 1. The fourth-order valence-corrected chi connectivity index (χ4v) is 1.58. The van der Waals surface area contributed by atoms with E-state index >= 15 is 0 Å². The maximum absolute atomic E-state index is 11.9. The Morgan fingerprint density at radius 3 is 2.58 bits per heavy atom. The molecule has 1 aromatic carbocycles. The molecule has 0 saturated carbocycles. The third-order valence-electron chi connectivity index (χ3n) is 2.73. The van der Waals surface area contributed by atoms with Gasteiger partial charge >= 0.3 is 0 Å². The van der Waals surface area contributed by atoms with Crippen LogP contribution < -0.4 is 5.32 Å². The van der Waals surface area contributed by atoms with Gasteiger partial charge in [-0.25, -0.2) is 4.68 Å². The van der Waals surface area contributed by atoms with Crippen LogP contribution in [-0.2, 0) is 4.79 Å². The van der Waals surface area contributed by atoms with Gasteiger partial charge in [0.15, 0.2) is 0 Å². The van der Waals surface area contributed by atoms with E-state index in [9.17, 15) is 4.79 Å². The number of amides is 1. The van der Waals surface area contributed by atoms with Crippen LogP contribution in [0.5, 0.6) is 0 Å². The molecule has 0 fully saturated rings. The minimum Gasteiger partial charge on any atom is -0.326 e. The zero-order valence-corrected chi connectivity index (χ0v) is 11.5. The van der Waals surface area contributed by atoms with Gasteiger partial charge in [0, 0.05) is 11.1 Å². The summed E-state index contributed by atoms with van der Waals surface area (Å²) in [6, 6.07) is 5.62. The maximum Gasteiger partial charge on any atom is 0.229 e. The SMILES string of the molecule is Cc1cc(NC(=O)C(C)(C)C)ccc1-n1cnnn1. The van der Waals surface area contributed by atoms with Crippen LogP contribution in [0.2, 0.25) is 0 Å². The average Bonchev–Trinajstić information content (AvgIpc) is 2.81. The molecule has 1 heterocycles. The number of carbonyl (C=O) groups is 1. The second-order valence-electron chi connectivity index (χ2n) is 5.46. The van der Waals surface area contributed by atoms with E-state index in [4.69, 9.17) is 0 Å². The summed E-state index contributed by atoms with van der Waals surface area (Å²) in [5.41, 5.74) is 2.23. The summed E-state index contributed by atoms with van der Waals surface area (Å²) in [5.74, 6) is -0.0120. The Bertz CT molecular complexity index is 584. The largest absolute Gasteiger partial charge is 0.326 e. The van der Waals surface area contributed by atoms with E-state index in [1.807, 2.05) is 45.9 Å². The van der Waals surface area contributed by atoms with Crippen LogP contribution in [0.15, 0.2) is 24.5 Å². The molecule has 1 aromatic heterocycles. The molecule has 0 radical (unpaired) electrons.